The van der Waals surface area contributed by atoms with E-state index >= 15 is 0 Å². The van der Waals surface area contributed by atoms with Crippen molar-refractivity contribution in [3.63, 3.8) is 0 Å². The Morgan fingerprint density at radius 1 is 0.941 bits per heavy atom. The third kappa shape index (κ3) is 4.58. The van der Waals surface area contributed by atoms with Crippen molar-refractivity contribution in [1.82, 2.24) is 14.7 Å². The average molecular weight is 510 g/mol. The minimum absolute atomic E-state index is 0.0196. The standard InChI is InChI=1S/C25H33Cl2N3O4/c26-18-6-5-17(13-19(18)27)14-22(31)30-12-11-29(24(32)25(33)7-1-2-8-25)21-16-34-15-20(23(21)30)28-9-3-4-10-28/h5-6,13,20-21,23,33H,1-4,7-12,14-16H2/t20?,21-,23-/m1/s1. The minimum atomic E-state index is -1.28. The van der Waals surface area contributed by atoms with Gasteiger partial charge >= 0.3 is 0 Å². The van der Waals surface area contributed by atoms with Crippen LogP contribution in [0.4, 0.5) is 0 Å². The maximum Gasteiger partial charge on any atom is 0.254 e. The van der Waals surface area contributed by atoms with Gasteiger partial charge in [0.1, 0.15) is 5.60 Å². The van der Waals surface area contributed by atoms with Crippen LogP contribution in [-0.4, -0.2) is 94.7 Å². The lowest BCUT2D eigenvalue weighted by molar-refractivity contribution is -0.174. The lowest BCUT2D eigenvalue weighted by Crippen LogP contribution is -2.73. The first-order chi connectivity index (χ1) is 16.4. The van der Waals surface area contributed by atoms with E-state index in [1.54, 1.807) is 12.1 Å². The molecule has 3 atom stereocenters. The Kier molecular flexibility index (Phi) is 7.11. The summed E-state index contributed by atoms with van der Waals surface area (Å²) in [5.41, 5.74) is -0.461. The molecule has 4 aliphatic rings. The highest BCUT2D eigenvalue weighted by Gasteiger charge is 2.52. The third-order valence-electron chi connectivity index (χ3n) is 8.07. The first kappa shape index (κ1) is 24.3. The third-order valence-corrected chi connectivity index (χ3v) is 8.81. The Balaban J connectivity index is 1.41. The summed E-state index contributed by atoms with van der Waals surface area (Å²) in [6.07, 6.45) is 5.25. The van der Waals surface area contributed by atoms with Crippen molar-refractivity contribution in [3.8, 4) is 0 Å². The van der Waals surface area contributed by atoms with Gasteiger partial charge in [-0.15, -0.1) is 0 Å². The van der Waals surface area contributed by atoms with Crippen LogP contribution in [0.2, 0.25) is 10.0 Å². The van der Waals surface area contributed by atoms with Crippen LogP contribution in [0.25, 0.3) is 0 Å². The SMILES string of the molecule is O=C(Cc1ccc(Cl)c(Cl)c1)N1CCN(C(=O)C2(O)CCCC2)[C@@H]2COCC(N3CCCC3)[C@H]21. The number of carbonyl (C=O) groups excluding carboxylic acids is 2. The molecule has 0 radical (unpaired) electrons. The monoisotopic (exact) mass is 509 g/mol. The van der Waals surface area contributed by atoms with E-state index in [1.165, 1.54) is 0 Å². The predicted molar refractivity (Wildman–Crippen MR) is 130 cm³/mol. The van der Waals surface area contributed by atoms with Gasteiger partial charge < -0.3 is 19.6 Å². The van der Waals surface area contributed by atoms with Crippen LogP contribution in [0.3, 0.4) is 0 Å². The summed E-state index contributed by atoms with van der Waals surface area (Å²) in [5.74, 6) is -0.173. The zero-order valence-corrected chi connectivity index (χ0v) is 20.9. The molecule has 1 unspecified atom stereocenters. The Hall–Kier alpha value is -1.38. The number of hydrogen-bond acceptors (Lipinski definition) is 5. The summed E-state index contributed by atoms with van der Waals surface area (Å²) in [6, 6.07) is 4.91. The number of ether oxygens (including phenoxy) is 1. The van der Waals surface area contributed by atoms with Crippen molar-refractivity contribution in [3.05, 3.63) is 33.8 Å². The average Bonchev–Trinajstić information content (AvgIpc) is 3.53. The fraction of sp³-hybridized carbons (Fsp3) is 0.680. The number of likely N-dealkylation sites (tertiary alicyclic amines) is 1. The number of piperazine rings is 1. The second-order valence-electron chi connectivity index (χ2n) is 10.2. The van der Waals surface area contributed by atoms with Crippen molar-refractivity contribution in [2.75, 3.05) is 39.4 Å². The molecule has 1 aromatic rings. The zero-order valence-electron chi connectivity index (χ0n) is 19.4. The second-order valence-corrected chi connectivity index (χ2v) is 11.0. The van der Waals surface area contributed by atoms with Gasteiger partial charge in [-0.25, -0.2) is 0 Å². The number of nitrogens with zero attached hydrogens (tertiary/aromatic N) is 3. The van der Waals surface area contributed by atoms with E-state index in [0.29, 0.717) is 49.2 Å². The Morgan fingerprint density at radius 2 is 1.62 bits per heavy atom. The van der Waals surface area contributed by atoms with E-state index in [4.69, 9.17) is 27.9 Å². The number of fused-ring (bicyclic) bond motifs is 1. The fourth-order valence-electron chi connectivity index (χ4n) is 6.29. The molecule has 5 rings (SSSR count). The molecule has 1 saturated carbocycles. The molecule has 0 spiro atoms. The van der Waals surface area contributed by atoms with E-state index in [0.717, 1.165) is 44.3 Å². The molecular formula is C25H33Cl2N3O4. The maximum atomic E-state index is 13.6. The number of rotatable bonds is 4. The van der Waals surface area contributed by atoms with E-state index in [-0.39, 0.29) is 36.4 Å². The molecule has 9 heteroatoms. The number of aliphatic hydroxyl groups is 1. The van der Waals surface area contributed by atoms with Crippen molar-refractivity contribution in [2.45, 2.75) is 68.7 Å². The van der Waals surface area contributed by atoms with Crippen molar-refractivity contribution < 1.29 is 19.4 Å². The maximum absolute atomic E-state index is 13.6. The van der Waals surface area contributed by atoms with Gasteiger partial charge in [-0.2, -0.15) is 0 Å². The quantitative estimate of drug-likeness (QED) is 0.675. The van der Waals surface area contributed by atoms with E-state index in [1.807, 2.05) is 15.9 Å². The topological polar surface area (TPSA) is 73.3 Å². The van der Waals surface area contributed by atoms with Crippen molar-refractivity contribution in [1.29, 1.82) is 0 Å². The molecule has 3 aliphatic heterocycles. The number of benzene rings is 1. The second kappa shape index (κ2) is 9.94. The molecule has 3 saturated heterocycles. The highest BCUT2D eigenvalue weighted by atomic mass is 35.5. The number of halogens is 2. The van der Waals surface area contributed by atoms with Gasteiger partial charge in [0.15, 0.2) is 0 Å². The lowest BCUT2D eigenvalue weighted by Gasteiger charge is -2.55. The normalized spacial score (nSPS) is 29.3. The molecule has 2 amide bonds. The molecule has 0 aromatic heterocycles. The lowest BCUT2D eigenvalue weighted by atomic mass is 9.89. The van der Waals surface area contributed by atoms with Gasteiger partial charge in [-0.3, -0.25) is 14.5 Å². The van der Waals surface area contributed by atoms with Crippen LogP contribution in [0.1, 0.15) is 44.1 Å². The molecule has 1 aliphatic carbocycles. The minimum Gasteiger partial charge on any atom is -0.380 e. The van der Waals surface area contributed by atoms with Crippen LogP contribution in [0.5, 0.6) is 0 Å². The molecule has 186 valence electrons. The van der Waals surface area contributed by atoms with Gasteiger partial charge in [0.05, 0.1) is 47.8 Å². The molecular weight excluding hydrogens is 477 g/mol. The van der Waals surface area contributed by atoms with E-state index in [9.17, 15) is 14.7 Å². The van der Waals surface area contributed by atoms with Gasteiger partial charge in [-0.05, 0) is 69.3 Å². The number of amides is 2. The molecule has 7 nitrogen and oxygen atoms in total. The molecule has 4 fully saturated rings. The van der Waals surface area contributed by atoms with Crippen LogP contribution in [-0.2, 0) is 20.7 Å². The summed E-state index contributed by atoms with van der Waals surface area (Å²) < 4.78 is 6.03. The summed E-state index contributed by atoms with van der Waals surface area (Å²) in [4.78, 5) is 33.3. The van der Waals surface area contributed by atoms with Gasteiger partial charge in [-0.1, -0.05) is 29.3 Å². The van der Waals surface area contributed by atoms with Gasteiger partial charge in [0.25, 0.3) is 5.91 Å². The fourth-order valence-corrected chi connectivity index (χ4v) is 6.61. The summed E-state index contributed by atoms with van der Waals surface area (Å²) in [7, 11) is 0. The van der Waals surface area contributed by atoms with Crippen LogP contribution < -0.4 is 0 Å². The number of hydrogen-bond donors (Lipinski definition) is 1. The Bertz CT molecular complexity index is 933. The van der Waals surface area contributed by atoms with Crippen LogP contribution >= 0.6 is 23.2 Å². The van der Waals surface area contributed by atoms with Crippen LogP contribution in [0.15, 0.2) is 18.2 Å². The zero-order chi connectivity index (χ0) is 23.9. The van der Waals surface area contributed by atoms with Gasteiger partial charge in [0.2, 0.25) is 5.91 Å². The molecule has 3 heterocycles. The highest BCUT2D eigenvalue weighted by molar-refractivity contribution is 6.42. The smallest absolute Gasteiger partial charge is 0.254 e. The van der Waals surface area contributed by atoms with Crippen molar-refractivity contribution >= 4 is 35.0 Å². The summed E-state index contributed by atoms with van der Waals surface area (Å²) in [5, 5.41) is 12.0. The van der Waals surface area contributed by atoms with E-state index < -0.39 is 5.60 Å². The predicted octanol–water partition coefficient (Wildman–Crippen LogP) is 2.74. The largest absolute Gasteiger partial charge is 0.380 e. The molecule has 0 bridgehead atoms. The van der Waals surface area contributed by atoms with Crippen LogP contribution in [0, 0.1) is 0 Å². The van der Waals surface area contributed by atoms with E-state index in [2.05, 4.69) is 4.90 Å². The summed E-state index contributed by atoms with van der Waals surface area (Å²) >= 11 is 12.2. The Labute approximate surface area is 210 Å². The Morgan fingerprint density at radius 3 is 2.32 bits per heavy atom. The highest BCUT2D eigenvalue weighted by Crippen LogP contribution is 2.36. The first-order valence-electron chi connectivity index (χ1n) is 12.5. The summed E-state index contributed by atoms with van der Waals surface area (Å²) in [6.45, 7) is 3.74. The number of carbonyl (C=O) groups is 2. The first-order valence-corrected chi connectivity index (χ1v) is 13.2. The molecule has 1 N–H and O–H groups in total. The van der Waals surface area contributed by atoms with Gasteiger partial charge in [0, 0.05) is 13.1 Å². The molecule has 34 heavy (non-hydrogen) atoms. The molecule has 1 aromatic carbocycles. The van der Waals surface area contributed by atoms with Crippen molar-refractivity contribution in [2.24, 2.45) is 0 Å².